The second-order valence-corrected chi connectivity index (χ2v) is 10.2. The fourth-order valence-electron chi connectivity index (χ4n) is 4.42. The number of hydrogen-bond acceptors (Lipinski definition) is 6. The van der Waals surface area contributed by atoms with Crippen LogP contribution in [0, 0.1) is 6.92 Å². The van der Waals surface area contributed by atoms with Crippen LogP contribution in [0.15, 0.2) is 91.1 Å². The maximum Gasteiger partial charge on any atom is 0.326 e. The fraction of sp³-hybridized carbons (Fsp3) is 0.226. The Balaban J connectivity index is 1.70. The van der Waals surface area contributed by atoms with Crippen molar-refractivity contribution in [1.82, 2.24) is 15.5 Å². The lowest BCUT2D eigenvalue weighted by molar-refractivity contribution is -0.139. The smallest absolute Gasteiger partial charge is 0.326 e. The highest BCUT2D eigenvalue weighted by molar-refractivity contribution is 7.98. The van der Waals surface area contributed by atoms with E-state index in [0.29, 0.717) is 30.8 Å². The molecule has 1 aromatic heterocycles. The van der Waals surface area contributed by atoms with Crippen LogP contribution in [0.3, 0.4) is 0 Å². The summed E-state index contributed by atoms with van der Waals surface area (Å²) in [5, 5.41) is 20.8. The summed E-state index contributed by atoms with van der Waals surface area (Å²) in [6.07, 6.45) is 3.92. The van der Waals surface area contributed by atoms with Crippen LogP contribution in [-0.4, -0.2) is 45.2 Å². The number of hydrogen-bond donors (Lipinski definition) is 2. The Morgan fingerprint density at radius 1 is 0.923 bits per heavy atom. The minimum Gasteiger partial charge on any atom is -0.480 e. The van der Waals surface area contributed by atoms with E-state index in [9.17, 15) is 14.7 Å². The van der Waals surface area contributed by atoms with Gasteiger partial charge in [0.1, 0.15) is 6.04 Å². The van der Waals surface area contributed by atoms with Crippen LogP contribution in [0.5, 0.6) is 0 Å². The summed E-state index contributed by atoms with van der Waals surface area (Å²) in [4.78, 5) is 27.4. The molecule has 0 bridgehead atoms. The standard InChI is InChI=1S/C31H32N4O3S/c1-22-9-6-7-12-25(22)27-19-24(14-15-26(27)30(36)33-28(31(37)38)16-18-39-2)21-35(29-13-8-17-32-34-29)20-23-10-4-3-5-11-23/h3-15,17,19,28H,16,18,20-21H2,1-2H3,(H,33,36)(H,37,38)/t28-/m0/s1. The van der Waals surface area contributed by atoms with Crippen molar-refractivity contribution in [2.75, 3.05) is 16.9 Å². The predicted octanol–water partition coefficient (Wildman–Crippen LogP) is 5.59. The molecule has 0 spiro atoms. The minimum atomic E-state index is -1.04. The molecule has 7 nitrogen and oxygen atoms in total. The number of nitrogens with one attached hydrogen (secondary N) is 1. The molecule has 1 amide bonds. The summed E-state index contributed by atoms with van der Waals surface area (Å²) in [6, 6.07) is 26.6. The van der Waals surface area contributed by atoms with E-state index in [1.54, 1.807) is 24.0 Å². The van der Waals surface area contributed by atoms with Crippen molar-refractivity contribution in [3.05, 3.63) is 113 Å². The number of carbonyl (C=O) groups is 2. The lowest BCUT2D eigenvalue weighted by Gasteiger charge is -2.24. The minimum absolute atomic E-state index is 0.354. The Kier molecular flexibility index (Phi) is 9.69. The molecular weight excluding hydrogens is 508 g/mol. The van der Waals surface area contributed by atoms with Crippen molar-refractivity contribution >= 4 is 29.5 Å². The average molecular weight is 541 g/mol. The Hall–Kier alpha value is -4.17. The summed E-state index contributed by atoms with van der Waals surface area (Å²) in [5.74, 6) is -0.0467. The van der Waals surface area contributed by atoms with Crippen molar-refractivity contribution in [3.8, 4) is 11.1 Å². The number of benzene rings is 3. The average Bonchev–Trinajstić information content (AvgIpc) is 2.96. The van der Waals surface area contributed by atoms with Gasteiger partial charge in [-0.05, 0) is 77.4 Å². The summed E-state index contributed by atoms with van der Waals surface area (Å²) < 4.78 is 0. The van der Waals surface area contributed by atoms with Crippen molar-refractivity contribution in [2.24, 2.45) is 0 Å². The zero-order valence-corrected chi connectivity index (χ0v) is 22.9. The number of carbonyl (C=O) groups excluding carboxylic acids is 1. The number of aryl methyl sites for hydroxylation is 1. The number of amides is 1. The van der Waals surface area contributed by atoms with Gasteiger partial charge in [0.25, 0.3) is 5.91 Å². The van der Waals surface area contributed by atoms with Gasteiger partial charge in [0, 0.05) is 24.8 Å². The third-order valence-electron chi connectivity index (χ3n) is 6.45. The number of rotatable bonds is 12. The largest absolute Gasteiger partial charge is 0.480 e. The number of nitrogens with zero attached hydrogens (tertiary/aromatic N) is 3. The first kappa shape index (κ1) is 27.9. The molecule has 0 saturated carbocycles. The van der Waals surface area contributed by atoms with Gasteiger partial charge in [0.2, 0.25) is 0 Å². The molecule has 0 aliphatic carbocycles. The van der Waals surface area contributed by atoms with E-state index in [1.807, 2.05) is 79.9 Å². The quantitative estimate of drug-likeness (QED) is 0.242. The maximum absolute atomic E-state index is 13.4. The van der Waals surface area contributed by atoms with E-state index in [-0.39, 0.29) is 0 Å². The van der Waals surface area contributed by atoms with E-state index < -0.39 is 17.9 Å². The van der Waals surface area contributed by atoms with Crippen LogP contribution in [0.4, 0.5) is 5.82 Å². The topological polar surface area (TPSA) is 95.4 Å². The number of aromatic nitrogens is 2. The maximum atomic E-state index is 13.4. The Labute approximate surface area is 233 Å². The molecule has 4 rings (SSSR count). The summed E-state index contributed by atoms with van der Waals surface area (Å²) in [7, 11) is 0. The van der Waals surface area contributed by atoms with Crippen molar-refractivity contribution in [2.45, 2.75) is 32.5 Å². The number of aliphatic carboxylic acids is 1. The highest BCUT2D eigenvalue weighted by Gasteiger charge is 2.23. The van der Waals surface area contributed by atoms with E-state index >= 15 is 0 Å². The van der Waals surface area contributed by atoms with Gasteiger partial charge in [-0.25, -0.2) is 4.79 Å². The van der Waals surface area contributed by atoms with Crippen LogP contribution in [-0.2, 0) is 17.9 Å². The Bertz CT molecular complexity index is 1400. The molecule has 39 heavy (non-hydrogen) atoms. The molecule has 200 valence electrons. The van der Waals surface area contributed by atoms with Gasteiger partial charge in [-0.2, -0.15) is 16.9 Å². The zero-order valence-electron chi connectivity index (χ0n) is 22.1. The van der Waals surface area contributed by atoms with E-state index in [1.165, 1.54) is 0 Å². The van der Waals surface area contributed by atoms with Crippen molar-refractivity contribution < 1.29 is 14.7 Å². The molecule has 0 fully saturated rings. The van der Waals surface area contributed by atoms with Gasteiger partial charge in [-0.3, -0.25) is 4.79 Å². The van der Waals surface area contributed by atoms with Crippen LogP contribution in [0.1, 0.15) is 33.5 Å². The second kappa shape index (κ2) is 13.6. The molecule has 0 unspecified atom stereocenters. The fourth-order valence-corrected chi connectivity index (χ4v) is 4.89. The van der Waals surface area contributed by atoms with Crippen LogP contribution < -0.4 is 10.2 Å². The monoisotopic (exact) mass is 540 g/mol. The van der Waals surface area contributed by atoms with Gasteiger partial charge in [0.15, 0.2) is 5.82 Å². The van der Waals surface area contributed by atoms with E-state index in [4.69, 9.17) is 0 Å². The van der Waals surface area contributed by atoms with Gasteiger partial charge in [-0.15, -0.1) is 5.10 Å². The number of thioether (sulfide) groups is 1. The first-order valence-electron chi connectivity index (χ1n) is 12.7. The normalized spacial score (nSPS) is 11.5. The van der Waals surface area contributed by atoms with Gasteiger partial charge >= 0.3 is 5.97 Å². The van der Waals surface area contributed by atoms with E-state index in [2.05, 4.69) is 32.5 Å². The molecule has 8 heteroatoms. The molecule has 2 N–H and O–H groups in total. The highest BCUT2D eigenvalue weighted by atomic mass is 32.2. The SMILES string of the molecule is CSCC[C@H](NC(=O)c1ccc(CN(Cc2ccccc2)c2cccnn2)cc1-c1ccccc1C)C(=O)O. The Morgan fingerprint density at radius 2 is 1.67 bits per heavy atom. The lowest BCUT2D eigenvalue weighted by Crippen LogP contribution is -2.41. The molecule has 4 aromatic rings. The van der Waals surface area contributed by atoms with Gasteiger partial charge in [-0.1, -0.05) is 60.7 Å². The molecule has 0 saturated heterocycles. The molecule has 1 atom stereocenters. The number of carboxylic acids is 1. The van der Waals surface area contributed by atoms with Crippen LogP contribution in [0.2, 0.25) is 0 Å². The first-order chi connectivity index (χ1) is 19.0. The molecular formula is C31H32N4O3S. The van der Waals surface area contributed by atoms with Crippen LogP contribution >= 0.6 is 11.8 Å². The van der Waals surface area contributed by atoms with Gasteiger partial charge < -0.3 is 15.3 Å². The molecule has 3 aromatic carbocycles. The summed E-state index contributed by atoms with van der Waals surface area (Å²) >= 11 is 1.55. The highest BCUT2D eigenvalue weighted by Crippen LogP contribution is 2.29. The predicted molar refractivity (Wildman–Crippen MR) is 157 cm³/mol. The summed E-state index contributed by atoms with van der Waals surface area (Å²) in [6.45, 7) is 3.18. The number of carboxylic acid groups (broad SMARTS) is 1. The van der Waals surface area contributed by atoms with Crippen molar-refractivity contribution in [1.29, 1.82) is 0 Å². The molecule has 1 heterocycles. The molecule has 0 aliphatic rings. The van der Waals surface area contributed by atoms with E-state index in [0.717, 1.165) is 33.6 Å². The Morgan fingerprint density at radius 3 is 2.36 bits per heavy atom. The molecule has 0 radical (unpaired) electrons. The summed E-state index contributed by atoms with van der Waals surface area (Å²) in [5.41, 5.74) is 5.28. The third kappa shape index (κ3) is 7.45. The lowest BCUT2D eigenvalue weighted by atomic mass is 9.93. The van der Waals surface area contributed by atoms with Crippen LogP contribution in [0.25, 0.3) is 11.1 Å². The third-order valence-corrected chi connectivity index (χ3v) is 7.09. The first-order valence-corrected chi connectivity index (χ1v) is 14.1. The van der Waals surface area contributed by atoms with Gasteiger partial charge in [0.05, 0.1) is 0 Å². The molecule has 0 aliphatic heterocycles. The van der Waals surface area contributed by atoms with Crippen molar-refractivity contribution in [3.63, 3.8) is 0 Å². The number of anilines is 1. The zero-order chi connectivity index (χ0) is 27.6. The second-order valence-electron chi connectivity index (χ2n) is 9.26.